The highest BCUT2D eigenvalue weighted by molar-refractivity contribution is 5.77. The van der Waals surface area contributed by atoms with E-state index >= 15 is 0 Å². The van der Waals surface area contributed by atoms with Crippen LogP contribution < -0.4 is 16.0 Å². The van der Waals surface area contributed by atoms with Gasteiger partial charge in [-0.1, -0.05) is 23.8 Å². The molecular weight excluding hydrogens is 408 g/mol. The molecule has 1 aliphatic rings. The normalized spacial score (nSPS) is 14.5. The zero-order valence-electron chi connectivity index (χ0n) is 19.7. The Morgan fingerprint density at radius 1 is 1.06 bits per heavy atom. The van der Waals surface area contributed by atoms with Gasteiger partial charge in [-0.15, -0.1) is 0 Å². The highest BCUT2D eigenvalue weighted by Crippen LogP contribution is 2.30. The summed E-state index contributed by atoms with van der Waals surface area (Å²) in [6.45, 7) is 7.30. The molecule has 0 atom stereocenters. The van der Waals surface area contributed by atoms with E-state index in [4.69, 9.17) is 4.98 Å². The molecule has 4 aromatic rings. The van der Waals surface area contributed by atoms with Gasteiger partial charge in [0.15, 0.2) is 0 Å². The maximum atomic E-state index is 4.86. The van der Waals surface area contributed by atoms with Gasteiger partial charge in [0, 0.05) is 36.2 Å². The van der Waals surface area contributed by atoms with Crippen molar-refractivity contribution in [3.63, 3.8) is 0 Å². The monoisotopic (exact) mass is 440 g/mol. The molecule has 3 heterocycles. The van der Waals surface area contributed by atoms with E-state index in [0.29, 0.717) is 11.9 Å². The van der Waals surface area contributed by atoms with E-state index in [9.17, 15) is 0 Å². The molecule has 0 amide bonds. The van der Waals surface area contributed by atoms with E-state index in [-0.39, 0.29) is 0 Å². The summed E-state index contributed by atoms with van der Waals surface area (Å²) in [4.78, 5) is 9.41. The fourth-order valence-corrected chi connectivity index (χ4v) is 4.91. The number of piperidine rings is 1. The Morgan fingerprint density at radius 3 is 2.70 bits per heavy atom. The molecule has 170 valence electrons. The lowest BCUT2D eigenvalue weighted by atomic mass is 9.87. The van der Waals surface area contributed by atoms with E-state index in [1.54, 1.807) is 0 Å². The molecule has 1 aliphatic heterocycles. The first-order valence-corrected chi connectivity index (χ1v) is 11.8. The third kappa shape index (κ3) is 4.57. The standard InChI is InChI=1S/C27H32N6/c1-18-4-7-25(28-3)22(14-18)17-33-13-10-21-16-30-27(32-26(21)33)31-23-5-6-24(19(2)15-23)20-8-11-29-12-9-20/h4-7,10,13-16,20,28-29H,8-9,11-12,17H2,1-3H3,(H,30,31,32). The lowest BCUT2D eigenvalue weighted by Gasteiger charge is -2.24. The number of nitrogens with one attached hydrogen (secondary N) is 3. The van der Waals surface area contributed by atoms with Crippen molar-refractivity contribution >= 4 is 28.4 Å². The predicted molar refractivity (Wildman–Crippen MR) is 137 cm³/mol. The van der Waals surface area contributed by atoms with Crippen LogP contribution in [0.25, 0.3) is 11.0 Å². The Morgan fingerprint density at radius 2 is 1.91 bits per heavy atom. The van der Waals surface area contributed by atoms with E-state index in [1.807, 2.05) is 13.2 Å². The van der Waals surface area contributed by atoms with Crippen LogP contribution in [0.1, 0.15) is 41.0 Å². The summed E-state index contributed by atoms with van der Waals surface area (Å²) >= 11 is 0. The maximum absolute atomic E-state index is 4.86. The molecule has 5 rings (SSSR count). The van der Waals surface area contributed by atoms with Crippen LogP contribution in [0, 0.1) is 13.8 Å². The molecule has 6 nitrogen and oxygen atoms in total. The zero-order chi connectivity index (χ0) is 22.8. The number of fused-ring (bicyclic) bond motifs is 1. The highest BCUT2D eigenvalue weighted by atomic mass is 15.1. The molecule has 1 fully saturated rings. The van der Waals surface area contributed by atoms with Crippen LogP contribution in [0.3, 0.4) is 0 Å². The first-order chi connectivity index (χ1) is 16.1. The lowest BCUT2D eigenvalue weighted by Crippen LogP contribution is -2.26. The third-order valence-corrected chi connectivity index (χ3v) is 6.68. The molecule has 0 unspecified atom stereocenters. The van der Waals surface area contributed by atoms with Crippen molar-refractivity contribution in [1.82, 2.24) is 19.9 Å². The quantitative estimate of drug-likeness (QED) is 0.377. The Bertz CT molecular complexity index is 1270. The van der Waals surface area contributed by atoms with Crippen molar-refractivity contribution < 1.29 is 0 Å². The van der Waals surface area contributed by atoms with Gasteiger partial charge in [0.05, 0.1) is 6.54 Å². The number of aromatic nitrogens is 3. The van der Waals surface area contributed by atoms with Crippen molar-refractivity contribution in [3.8, 4) is 0 Å². The number of aryl methyl sites for hydroxylation is 2. The van der Waals surface area contributed by atoms with Crippen LogP contribution in [0.15, 0.2) is 54.9 Å². The molecule has 2 aromatic carbocycles. The minimum absolute atomic E-state index is 0.620. The first-order valence-electron chi connectivity index (χ1n) is 11.8. The molecule has 0 aliphatic carbocycles. The fraction of sp³-hybridized carbons (Fsp3) is 0.333. The van der Waals surface area contributed by atoms with Gasteiger partial charge in [0.2, 0.25) is 5.95 Å². The molecule has 0 spiro atoms. The minimum Gasteiger partial charge on any atom is -0.388 e. The predicted octanol–water partition coefficient (Wildman–Crippen LogP) is 5.35. The van der Waals surface area contributed by atoms with Crippen molar-refractivity contribution in [2.45, 2.75) is 39.2 Å². The second kappa shape index (κ2) is 9.24. The number of anilines is 3. The molecule has 33 heavy (non-hydrogen) atoms. The number of benzene rings is 2. The second-order valence-corrected chi connectivity index (χ2v) is 9.05. The van der Waals surface area contributed by atoms with Crippen molar-refractivity contribution in [2.75, 3.05) is 30.8 Å². The van der Waals surface area contributed by atoms with Crippen LogP contribution in [0.5, 0.6) is 0 Å². The van der Waals surface area contributed by atoms with E-state index in [0.717, 1.165) is 42.0 Å². The van der Waals surface area contributed by atoms with Crippen LogP contribution in [-0.4, -0.2) is 34.7 Å². The smallest absolute Gasteiger partial charge is 0.229 e. The summed E-state index contributed by atoms with van der Waals surface area (Å²) in [7, 11) is 1.96. The van der Waals surface area contributed by atoms with Crippen molar-refractivity contribution in [2.24, 2.45) is 0 Å². The van der Waals surface area contributed by atoms with Crippen LogP contribution >= 0.6 is 0 Å². The molecule has 0 radical (unpaired) electrons. The molecular formula is C27H32N6. The van der Waals surface area contributed by atoms with Gasteiger partial charge in [-0.2, -0.15) is 4.98 Å². The lowest BCUT2D eigenvalue weighted by molar-refractivity contribution is 0.459. The zero-order valence-corrected chi connectivity index (χ0v) is 19.7. The average molecular weight is 441 g/mol. The molecule has 0 saturated carbocycles. The van der Waals surface area contributed by atoms with E-state index in [2.05, 4.69) is 88.0 Å². The molecule has 3 N–H and O–H groups in total. The Balaban J connectivity index is 1.39. The maximum Gasteiger partial charge on any atom is 0.229 e. The van der Waals surface area contributed by atoms with Gasteiger partial charge in [0.1, 0.15) is 5.65 Å². The van der Waals surface area contributed by atoms with Crippen LogP contribution in [0.4, 0.5) is 17.3 Å². The van der Waals surface area contributed by atoms with Gasteiger partial charge < -0.3 is 20.5 Å². The second-order valence-electron chi connectivity index (χ2n) is 9.05. The molecule has 6 heteroatoms. The fourth-order valence-electron chi connectivity index (χ4n) is 4.91. The number of nitrogens with zero attached hydrogens (tertiary/aromatic N) is 3. The summed E-state index contributed by atoms with van der Waals surface area (Å²) in [5, 5.41) is 11.2. The van der Waals surface area contributed by atoms with Gasteiger partial charge in [0.25, 0.3) is 0 Å². The SMILES string of the molecule is CNc1ccc(C)cc1Cn1ccc2cnc(Nc3ccc(C4CCNCC4)c(C)c3)nc21. The Hall–Kier alpha value is -3.38. The highest BCUT2D eigenvalue weighted by Gasteiger charge is 2.17. The molecule has 1 saturated heterocycles. The number of hydrogen-bond donors (Lipinski definition) is 3. The topological polar surface area (TPSA) is 66.8 Å². The summed E-state index contributed by atoms with van der Waals surface area (Å²) in [6.07, 6.45) is 6.40. The van der Waals surface area contributed by atoms with Gasteiger partial charge in [-0.25, -0.2) is 4.98 Å². The minimum atomic E-state index is 0.620. The van der Waals surface area contributed by atoms with Gasteiger partial charge in [-0.05, 0) is 86.7 Å². The summed E-state index contributed by atoms with van der Waals surface area (Å²) in [6, 6.07) is 15.2. The molecule has 0 bridgehead atoms. The van der Waals surface area contributed by atoms with Gasteiger partial charge >= 0.3 is 0 Å². The summed E-state index contributed by atoms with van der Waals surface area (Å²) in [5.41, 5.74) is 8.38. The number of hydrogen-bond acceptors (Lipinski definition) is 5. The van der Waals surface area contributed by atoms with Gasteiger partial charge in [-0.3, -0.25) is 0 Å². The Kier molecular flexibility index (Phi) is 6.01. The molecule has 2 aromatic heterocycles. The van der Waals surface area contributed by atoms with Crippen molar-refractivity contribution in [3.05, 3.63) is 77.1 Å². The average Bonchev–Trinajstić information content (AvgIpc) is 3.22. The third-order valence-electron chi connectivity index (χ3n) is 6.68. The largest absolute Gasteiger partial charge is 0.388 e. The van der Waals surface area contributed by atoms with Crippen LogP contribution in [-0.2, 0) is 6.54 Å². The number of rotatable bonds is 6. The Labute approximate surface area is 195 Å². The van der Waals surface area contributed by atoms with E-state index in [1.165, 1.54) is 35.1 Å². The first kappa shape index (κ1) is 21.5. The van der Waals surface area contributed by atoms with Crippen molar-refractivity contribution in [1.29, 1.82) is 0 Å². The summed E-state index contributed by atoms with van der Waals surface area (Å²) in [5.74, 6) is 1.27. The van der Waals surface area contributed by atoms with E-state index < -0.39 is 0 Å². The van der Waals surface area contributed by atoms with Crippen LogP contribution in [0.2, 0.25) is 0 Å². The summed E-state index contributed by atoms with van der Waals surface area (Å²) < 4.78 is 2.18.